The summed E-state index contributed by atoms with van der Waals surface area (Å²) in [7, 11) is 0. The van der Waals surface area contributed by atoms with Gasteiger partial charge in [0, 0.05) is 36.0 Å². The number of anilines is 1. The number of nitrogens with zero attached hydrogens (tertiary/aromatic N) is 4. The predicted molar refractivity (Wildman–Crippen MR) is 120 cm³/mol. The van der Waals surface area contributed by atoms with E-state index in [1.165, 1.54) is 0 Å². The van der Waals surface area contributed by atoms with Crippen molar-refractivity contribution in [3.8, 4) is 28.5 Å². The normalized spacial score (nSPS) is 14.1. The number of imidazole rings is 1. The molecule has 12 heteroatoms. The Kier molecular flexibility index (Phi) is 5.79. The molecule has 0 bridgehead atoms. The van der Waals surface area contributed by atoms with Crippen molar-refractivity contribution < 1.29 is 27.1 Å². The number of urea groups is 1. The molecule has 3 heterocycles. The van der Waals surface area contributed by atoms with Crippen molar-refractivity contribution in [2.75, 3.05) is 11.9 Å². The quantitative estimate of drug-likeness (QED) is 0.398. The van der Waals surface area contributed by atoms with Gasteiger partial charge >= 0.3 is 12.2 Å². The smallest absolute Gasteiger partial charge is 0.405 e. The van der Waals surface area contributed by atoms with Crippen LogP contribution in [0.15, 0.2) is 47.1 Å². The topological polar surface area (TPSA) is 107 Å². The summed E-state index contributed by atoms with van der Waals surface area (Å²) in [6, 6.07) is 7.70. The highest BCUT2D eigenvalue weighted by Crippen LogP contribution is 2.33. The summed E-state index contributed by atoms with van der Waals surface area (Å²) < 4.78 is 50.7. The summed E-state index contributed by atoms with van der Waals surface area (Å²) in [5.74, 6) is 1.33. The molecule has 0 atom stereocenters. The van der Waals surface area contributed by atoms with Crippen LogP contribution in [0, 0.1) is 6.92 Å². The molecule has 0 radical (unpaired) electrons. The van der Waals surface area contributed by atoms with Crippen LogP contribution in [-0.2, 0) is 0 Å². The summed E-state index contributed by atoms with van der Waals surface area (Å²) in [6.07, 6.45) is 1.94. The molecule has 1 fully saturated rings. The second-order valence-electron chi connectivity index (χ2n) is 8.25. The molecule has 9 nitrogen and oxygen atoms in total. The second kappa shape index (κ2) is 8.93. The van der Waals surface area contributed by atoms with E-state index in [1.807, 2.05) is 21.9 Å². The number of ether oxygens (including phenoxy) is 1. The van der Waals surface area contributed by atoms with Gasteiger partial charge in [-0.3, -0.25) is 4.40 Å². The minimum absolute atomic E-state index is 0.0692. The lowest BCUT2D eigenvalue weighted by atomic mass is 9.96. The highest BCUT2D eigenvalue weighted by molar-refractivity contribution is 5.90. The third kappa shape index (κ3) is 5.20. The largest absolute Gasteiger partial charge is 0.490 e. The van der Waals surface area contributed by atoms with Crippen LogP contribution >= 0.6 is 0 Å². The summed E-state index contributed by atoms with van der Waals surface area (Å²) >= 11 is 0. The Hall–Kier alpha value is -4.09. The van der Waals surface area contributed by atoms with E-state index in [0.29, 0.717) is 45.7 Å². The Bertz CT molecular complexity index is 1380. The number of amides is 2. The monoisotopic (exact) mass is 486 g/mol. The Morgan fingerprint density at radius 3 is 2.71 bits per heavy atom. The molecule has 1 aromatic carbocycles. The number of aryl methyl sites for hydroxylation is 1. The molecule has 3 aromatic heterocycles. The van der Waals surface area contributed by atoms with Gasteiger partial charge in [0.05, 0.1) is 18.0 Å². The van der Waals surface area contributed by atoms with Gasteiger partial charge < -0.3 is 19.8 Å². The van der Waals surface area contributed by atoms with Gasteiger partial charge in [0.25, 0.3) is 0 Å². The van der Waals surface area contributed by atoms with Crippen molar-refractivity contribution >= 4 is 17.4 Å². The fraction of sp³-hybridized carbons (Fsp3) is 0.304. The maximum Gasteiger partial charge on any atom is 0.405 e. The van der Waals surface area contributed by atoms with Gasteiger partial charge in [-0.2, -0.15) is 13.2 Å². The first-order chi connectivity index (χ1) is 16.7. The van der Waals surface area contributed by atoms with Gasteiger partial charge in [0.2, 0.25) is 11.8 Å². The van der Waals surface area contributed by atoms with Gasteiger partial charge in [0.1, 0.15) is 17.9 Å². The minimum Gasteiger partial charge on any atom is -0.490 e. The lowest BCUT2D eigenvalue weighted by molar-refractivity contribution is -0.122. The van der Waals surface area contributed by atoms with Crippen LogP contribution in [0.5, 0.6) is 5.75 Å². The number of fused-ring (bicyclic) bond motifs is 1. The average molecular weight is 486 g/mol. The Morgan fingerprint density at radius 2 is 2.03 bits per heavy atom. The van der Waals surface area contributed by atoms with Gasteiger partial charge in [0.15, 0.2) is 0 Å². The highest BCUT2D eigenvalue weighted by Gasteiger charge is 2.28. The van der Waals surface area contributed by atoms with E-state index in [2.05, 4.69) is 20.5 Å². The number of carbonyl (C=O) groups excluding carboxylic acids is 1. The maximum absolute atomic E-state index is 12.5. The van der Waals surface area contributed by atoms with Crippen molar-refractivity contribution in [1.29, 1.82) is 0 Å². The molecule has 1 aliphatic carbocycles. The van der Waals surface area contributed by atoms with Crippen molar-refractivity contribution in [2.24, 2.45) is 0 Å². The molecule has 2 amide bonds. The van der Waals surface area contributed by atoms with E-state index in [4.69, 9.17) is 9.15 Å². The van der Waals surface area contributed by atoms with E-state index in [9.17, 15) is 18.0 Å². The molecule has 5 rings (SSSR count). The second-order valence-corrected chi connectivity index (χ2v) is 8.25. The van der Waals surface area contributed by atoms with Gasteiger partial charge in [-0.25, -0.2) is 9.78 Å². The molecule has 1 aliphatic rings. The molecule has 1 saturated carbocycles. The number of hydrogen-bond donors (Lipinski definition) is 2. The molecule has 0 unspecified atom stereocenters. The number of alkyl halides is 3. The van der Waals surface area contributed by atoms with Crippen molar-refractivity contribution in [3.05, 3.63) is 48.6 Å². The van der Waals surface area contributed by atoms with E-state index < -0.39 is 18.8 Å². The van der Waals surface area contributed by atoms with Crippen LogP contribution in [0.1, 0.15) is 25.2 Å². The van der Waals surface area contributed by atoms with Crippen LogP contribution in [0.4, 0.5) is 23.7 Å². The molecule has 0 spiro atoms. The Morgan fingerprint density at radius 1 is 1.20 bits per heavy atom. The van der Waals surface area contributed by atoms with Gasteiger partial charge in [-0.15, -0.1) is 10.2 Å². The number of hydrogen-bond acceptors (Lipinski definition) is 6. The Labute approximate surface area is 197 Å². The van der Waals surface area contributed by atoms with Crippen LogP contribution in [0.2, 0.25) is 0 Å². The summed E-state index contributed by atoms with van der Waals surface area (Å²) in [6.45, 7) is 0.273. The van der Waals surface area contributed by atoms with Crippen molar-refractivity contribution in [1.82, 2.24) is 24.9 Å². The number of carbonyl (C=O) groups is 1. The lowest BCUT2D eigenvalue weighted by Crippen LogP contribution is -2.36. The minimum atomic E-state index is -4.51. The van der Waals surface area contributed by atoms with Crippen molar-refractivity contribution in [2.45, 2.75) is 38.5 Å². The third-order valence-electron chi connectivity index (χ3n) is 5.55. The first-order valence-electron chi connectivity index (χ1n) is 10.9. The fourth-order valence-corrected chi connectivity index (χ4v) is 3.66. The molecule has 182 valence electrons. The fourth-order valence-electron chi connectivity index (χ4n) is 3.66. The number of aromatic nitrogens is 4. The zero-order chi connectivity index (χ0) is 24.6. The van der Waals surface area contributed by atoms with Crippen molar-refractivity contribution in [3.63, 3.8) is 0 Å². The zero-order valence-electron chi connectivity index (χ0n) is 18.6. The van der Waals surface area contributed by atoms with Crippen LogP contribution in [0.25, 0.3) is 28.4 Å². The standard InChI is InChI=1S/C23H21F3N6O3/c1-13-30-31-21(34-13)14-5-6-32-19(11-27-20(32)9-14)15-7-16(29-22(33)28-12-23(24,25)26)10-18(8-15)35-17-3-2-4-17/h5-11,17H,2-4,12H2,1H3,(H2,28,29,33). The number of halogens is 3. The lowest BCUT2D eigenvalue weighted by Gasteiger charge is -2.27. The van der Waals surface area contributed by atoms with Gasteiger partial charge in [-0.1, -0.05) is 0 Å². The van der Waals surface area contributed by atoms with E-state index in [0.717, 1.165) is 19.3 Å². The molecule has 0 saturated heterocycles. The van der Waals surface area contributed by atoms with Crippen LogP contribution in [0.3, 0.4) is 0 Å². The zero-order valence-corrected chi connectivity index (χ0v) is 18.6. The third-order valence-corrected chi connectivity index (χ3v) is 5.55. The number of nitrogens with one attached hydrogen (secondary N) is 2. The number of benzene rings is 1. The molecule has 2 N–H and O–H groups in total. The first kappa shape index (κ1) is 22.7. The molecular formula is C23H21F3N6O3. The highest BCUT2D eigenvalue weighted by atomic mass is 19.4. The molecule has 35 heavy (non-hydrogen) atoms. The number of pyridine rings is 1. The summed E-state index contributed by atoms with van der Waals surface area (Å²) in [5, 5.41) is 12.1. The maximum atomic E-state index is 12.5. The SMILES string of the molecule is Cc1nnc(-c2ccn3c(-c4cc(NC(=O)NCC(F)(F)F)cc(OC5CCC5)c4)cnc3c2)o1. The predicted octanol–water partition coefficient (Wildman–Crippen LogP) is 4.97. The number of rotatable bonds is 6. The molecule has 0 aliphatic heterocycles. The van der Waals surface area contributed by atoms with Gasteiger partial charge in [-0.05, 0) is 43.5 Å². The van der Waals surface area contributed by atoms with Crippen LogP contribution < -0.4 is 15.4 Å². The van der Waals surface area contributed by atoms with E-state index in [-0.39, 0.29) is 6.10 Å². The summed E-state index contributed by atoms with van der Waals surface area (Å²) in [4.78, 5) is 16.5. The molecule has 4 aromatic rings. The average Bonchev–Trinajstić information content (AvgIpc) is 3.40. The molecular weight excluding hydrogens is 465 g/mol. The Balaban J connectivity index is 1.46. The summed E-state index contributed by atoms with van der Waals surface area (Å²) in [5.41, 5.74) is 2.99. The van der Waals surface area contributed by atoms with E-state index in [1.54, 1.807) is 37.5 Å². The van der Waals surface area contributed by atoms with E-state index >= 15 is 0 Å². The first-order valence-corrected chi connectivity index (χ1v) is 10.9. The van der Waals surface area contributed by atoms with Crippen LogP contribution in [-0.4, -0.2) is 44.4 Å².